The third-order valence-electron chi connectivity index (χ3n) is 5.11. The van der Waals surface area contributed by atoms with E-state index in [-0.39, 0.29) is 11.7 Å². The second-order valence-corrected chi connectivity index (χ2v) is 7.54. The smallest absolute Gasteiger partial charge is 0.339 e. The maximum atomic E-state index is 13.0. The van der Waals surface area contributed by atoms with E-state index in [4.69, 9.17) is 0 Å². The third kappa shape index (κ3) is 5.10. The number of piperazine rings is 1. The van der Waals surface area contributed by atoms with Crippen molar-refractivity contribution in [3.8, 4) is 0 Å². The van der Waals surface area contributed by atoms with Gasteiger partial charge in [-0.1, -0.05) is 6.07 Å². The molecule has 1 aliphatic rings. The number of alkyl halides is 3. The van der Waals surface area contributed by atoms with Crippen LogP contribution in [-0.4, -0.2) is 57.2 Å². The van der Waals surface area contributed by atoms with Gasteiger partial charge in [-0.3, -0.25) is 9.59 Å². The van der Waals surface area contributed by atoms with Crippen molar-refractivity contribution >= 4 is 23.4 Å². The Morgan fingerprint density at radius 2 is 1.79 bits per heavy atom. The van der Waals surface area contributed by atoms with E-state index in [1.165, 1.54) is 6.07 Å². The van der Waals surface area contributed by atoms with Crippen LogP contribution in [0.2, 0.25) is 0 Å². The molecule has 172 valence electrons. The predicted molar refractivity (Wildman–Crippen MR) is 114 cm³/mol. The molecule has 1 fully saturated rings. The summed E-state index contributed by atoms with van der Waals surface area (Å²) in [5.41, 5.74) is -0.983. The summed E-state index contributed by atoms with van der Waals surface area (Å²) in [4.78, 5) is 36.7. The number of amides is 1. The number of nitrogens with zero attached hydrogens (tertiary/aromatic N) is 5. The van der Waals surface area contributed by atoms with Crippen LogP contribution in [-0.2, 0) is 6.18 Å². The van der Waals surface area contributed by atoms with Gasteiger partial charge in [0.25, 0.3) is 11.5 Å². The van der Waals surface area contributed by atoms with Crippen LogP contribution < -0.4 is 15.8 Å². The topological polar surface area (TPSA) is 107 Å². The Morgan fingerprint density at radius 1 is 1.09 bits per heavy atom. The van der Waals surface area contributed by atoms with Crippen molar-refractivity contribution in [1.29, 1.82) is 0 Å². The zero-order chi connectivity index (χ0) is 23.6. The molecule has 1 saturated heterocycles. The molecule has 0 aliphatic carbocycles. The average molecular weight is 459 g/mol. The molecule has 0 atom stereocenters. The summed E-state index contributed by atoms with van der Waals surface area (Å²) in [6.45, 7) is 4.02. The number of hydrogen-bond acceptors (Lipinski definition) is 7. The minimum absolute atomic E-state index is 0.196. The van der Waals surface area contributed by atoms with Crippen LogP contribution in [0.15, 0.2) is 47.5 Å². The Labute approximate surface area is 186 Å². The number of H-pyrrole nitrogens is 1. The number of aryl methyl sites for hydroxylation is 1. The number of rotatable bonds is 4. The molecule has 0 unspecified atom stereocenters. The molecule has 1 aliphatic heterocycles. The summed E-state index contributed by atoms with van der Waals surface area (Å²) in [7, 11) is 0. The van der Waals surface area contributed by atoms with Gasteiger partial charge in [0.15, 0.2) is 5.82 Å². The van der Waals surface area contributed by atoms with Crippen molar-refractivity contribution < 1.29 is 18.0 Å². The van der Waals surface area contributed by atoms with Crippen LogP contribution in [0.3, 0.4) is 0 Å². The summed E-state index contributed by atoms with van der Waals surface area (Å²) in [6, 6.07) is 6.98. The Hall–Kier alpha value is -3.96. The van der Waals surface area contributed by atoms with Crippen LogP contribution in [0.1, 0.15) is 21.5 Å². The molecule has 1 aromatic carbocycles. The highest BCUT2D eigenvalue weighted by Gasteiger charge is 2.34. The zero-order valence-corrected chi connectivity index (χ0v) is 17.6. The van der Waals surface area contributed by atoms with E-state index in [0.29, 0.717) is 49.4 Å². The van der Waals surface area contributed by atoms with Gasteiger partial charge in [-0.05, 0) is 30.7 Å². The van der Waals surface area contributed by atoms with Crippen molar-refractivity contribution in [2.75, 3.05) is 36.4 Å². The molecule has 0 bridgehead atoms. The number of anilines is 3. The van der Waals surface area contributed by atoms with Crippen LogP contribution in [0.5, 0.6) is 0 Å². The summed E-state index contributed by atoms with van der Waals surface area (Å²) in [5, 5.41) is 8.12. The van der Waals surface area contributed by atoms with Gasteiger partial charge in [0.1, 0.15) is 5.56 Å². The SMILES string of the molecule is Cc1cnc(N2CCN(C(=O)c3cccc(Nc4cc(C(F)(F)F)c(=O)[nH]n4)c3)CC2)nc1. The molecular formula is C21H20F3N7O2. The van der Waals surface area contributed by atoms with Crippen molar-refractivity contribution in [2.24, 2.45) is 0 Å². The molecule has 12 heteroatoms. The van der Waals surface area contributed by atoms with Gasteiger partial charge in [-0.2, -0.15) is 18.3 Å². The maximum Gasteiger partial charge on any atom is 0.421 e. The standard InChI is InChI=1S/C21H20F3N7O2/c1-13-11-25-20(26-12-13)31-7-5-30(6-8-31)19(33)14-3-2-4-15(9-14)27-17-10-16(21(22,23)24)18(32)29-28-17/h2-4,9-12H,5-8H2,1H3,(H,27,28)(H,29,32). The van der Waals surface area contributed by atoms with E-state index in [1.807, 2.05) is 16.9 Å². The minimum Gasteiger partial charge on any atom is -0.339 e. The summed E-state index contributed by atoms with van der Waals surface area (Å²) in [5.74, 6) is 0.220. The number of aromatic amines is 1. The molecular weight excluding hydrogens is 439 g/mol. The first-order valence-electron chi connectivity index (χ1n) is 10.1. The molecule has 0 spiro atoms. The monoisotopic (exact) mass is 459 g/mol. The number of nitrogens with one attached hydrogen (secondary N) is 2. The fourth-order valence-electron chi connectivity index (χ4n) is 3.40. The highest BCUT2D eigenvalue weighted by molar-refractivity contribution is 5.95. The molecule has 3 aromatic rings. The van der Waals surface area contributed by atoms with Crippen molar-refractivity contribution in [3.63, 3.8) is 0 Å². The Kier molecular flexibility index (Phi) is 5.99. The molecule has 2 N–H and O–H groups in total. The molecule has 0 saturated carbocycles. The predicted octanol–water partition coefficient (Wildman–Crippen LogP) is 2.59. The summed E-state index contributed by atoms with van der Waals surface area (Å²) >= 11 is 0. The molecule has 1 amide bonds. The van der Waals surface area contributed by atoms with Crippen molar-refractivity contribution in [1.82, 2.24) is 25.1 Å². The number of halogens is 3. The van der Waals surface area contributed by atoms with E-state index in [9.17, 15) is 22.8 Å². The largest absolute Gasteiger partial charge is 0.421 e. The first kappa shape index (κ1) is 22.2. The highest BCUT2D eigenvalue weighted by Crippen LogP contribution is 2.28. The van der Waals surface area contributed by atoms with Crippen molar-refractivity contribution in [3.05, 3.63) is 69.8 Å². The van der Waals surface area contributed by atoms with Gasteiger partial charge >= 0.3 is 6.18 Å². The van der Waals surface area contributed by atoms with E-state index in [2.05, 4.69) is 20.4 Å². The van der Waals surface area contributed by atoms with Gasteiger partial charge in [0.2, 0.25) is 5.95 Å². The Bertz CT molecular complexity index is 1200. The molecule has 2 aromatic heterocycles. The van der Waals surface area contributed by atoms with Gasteiger partial charge < -0.3 is 15.1 Å². The lowest BCUT2D eigenvalue weighted by Gasteiger charge is -2.34. The van der Waals surface area contributed by atoms with Gasteiger partial charge in [-0.25, -0.2) is 15.1 Å². The lowest BCUT2D eigenvalue weighted by Crippen LogP contribution is -2.49. The van der Waals surface area contributed by atoms with Crippen LogP contribution in [0, 0.1) is 6.92 Å². The number of aromatic nitrogens is 4. The summed E-state index contributed by atoms with van der Waals surface area (Å²) in [6.07, 6.45) is -1.32. The third-order valence-corrected chi connectivity index (χ3v) is 5.11. The molecule has 3 heterocycles. The first-order valence-corrected chi connectivity index (χ1v) is 10.1. The van der Waals surface area contributed by atoms with Gasteiger partial charge in [0.05, 0.1) is 0 Å². The Balaban J connectivity index is 1.43. The minimum atomic E-state index is -4.81. The zero-order valence-electron chi connectivity index (χ0n) is 17.6. The maximum absolute atomic E-state index is 13.0. The highest BCUT2D eigenvalue weighted by atomic mass is 19.4. The van der Waals surface area contributed by atoms with E-state index in [1.54, 1.807) is 35.5 Å². The fourth-order valence-corrected chi connectivity index (χ4v) is 3.40. The first-order chi connectivity index (χ1) is 15.7. The number of carbonyl (C=O) groups is 1. The van der Waals surface area contributed by atoms with Gasteiger partial charge in [0, 0.05) is 55.9 Å². The number of hydrogen-bond donors (Lipinski definition) is 2. The summed E-state index contributed by atoms with van der Waals surface area (Å²) < 4.78 is 38.9. The number of benzene rings is 1. The van der Waals surface area contributed by atoms with Gasteiger partial charge in [-0.15, -0.1) is 0 Å². The fraction of sp³-hybridized carbons (Fsp3) is 0.286. The lowest BCUT2D eigenvalue weighted by atomic mass is 10.1. The Morgan fingerprint density at radius 3 is 2.45 bits per heavy atom. The van der Waals surface area contributed by atoms with Crippen molar-refractivity contribution in [2.45, 2.75) is 13.1 Å². The van der Waals surface area contributed by atoms with E-state index in [0.717, 1.165) is 5.56 Å². The normalized spacial score (nSPS) is 14.3. The molecule has 0 radical (unpaired) electrons. The average Bonchev–Trinajstić information content (AvgIpc) is 2.80. The van der Waals surface area contributed by atoms with E-state index < -0.39 is 17.3 Å². The van der Waals surface area contributed by atoms with Crippen LogP contribution in [0.4, 0.5) is 30.6 Å². The quantitative estimate of drug-likeness (QED) is 0.618. The van der Waals surface area contributed by atoms with Crippen LogP contribution in [0.25, 0.3) is 0 Å². The van der Waals surface area contributed by atoms with E-state index >= 15 is 0 Å². The second kappa shape index (κ2) is 8.88. The number of carbonyl (C=O) groups excluding carboxylic acids is 1. The molecule has 9 nitrogen and oxygen atoms in total. The molecule has 33 heavy (non-hydrogen) atoms. The lowest BCUT2D eigenvalue weighted by molar-refractivity contribution is -0.138. The second-order valence-electron chi connectivity index (χ2n) is 7.54. The van der Waals surface area contributed by atoms with Crippen LogP contribution >= 0.6 is 0 Å². The molecule has 4 rings (SSSR count).